The third kappa shape index (κ3) is 3.74. The largest absolute Gasteiger partial charge is 0.370 e. The minimum absolute atomic E-state index is 0.127. The predicted molar refractivity (Wildman–Crippen MR) is 101 cm³/mol. The number of hydrogen-bond donors (Lipinski definition) is 1. The summed E-state index contributed by atoms with van der Waals surface area (Å²) in [6, 6.07) is 8.96. The van der Waals surface area contributed by atoms with E-state index in [-0.39, 0.29) is 5.91 Å². The smallest absolute Gasteiger partial charge is 0.273 e. The molecule has 0 spiro atoms. The third-order valence-electron chi connectivity index (χ3n) is 5.57. The summed E-state index contributed by atoms with van der Waals surface area (Å²) >= 11 is 0. The Balaban J connectivity index is 1.30. The molecule has 6 nitrogen and oxygen atoms in total. The predicted octanol–water partition coefficient (Wildman–Crippen LogP) is 2.97. The molecular formula is C20H27N5O. The number of fused-ring (bicyclic) bond motifs is 1. The van der Waals surface area contributed by atoms with Crippen LogP contribution in [0.1, 0.15) is 60.6 Å². The van der Waals surface area contributed by atoms with Gasteiger partial charge in [-0.3, -0.25) is 4.79 Å². The van der Waals surface area contributed by atoms with Gasteiger partial charge in [0.25, 0.3) is 5.91 Å². The minimum Gasteiger partial charge on any atom is -0.370 e. The molecule has 0 radical (unpaired) electrons. The molecule has 2 aromatic rings. The van der Waals surface area contributed by atoms with E-state index < -0.39 is 0 Å². The lowest BCUT2D eigenvalue weighted by atomic mass is 9.96. The maximum Gasteiger partial charge on any atom is 0.273 e. The van der Waals surface area contributed by atoms with Gasteiger partial charge in [0.15, 0.2) is 5.69 Å². The molecule has 1 saturated carbocycles. The molecular weight excluding hydrogens is 326 g/mol. The first kappa shape index (κ1) is 17.1. The second-order valence-corrected chi connectivity index (χ2v) is 7.35. The molecule has 0 atom stereocenters. The molecule has 0 unspecified atom stereocenters. The number of para-hydroxylation sites is 1. The molecule has 1 aliphatic carbocycles. The quantitative estimate of drug-likeness (QED) is 0.898. The third-order valence-corrected chi connectivity index (χ3v) is 5.57. The van der Waals surface area contributed by atoms with Crippen LogP contribution in [0.4, 0.5) is 5.69 Å². The molecule has 4 rings (SSSR count). The Kier molecular flexibility index (Phi) is 5.18. The van der Waals surface area contributed by atoms with Crippen molar-refractivity contribution in [2.75, 3.05) is 24.5 Å². The maximum absolute atomic E-state index is 12.4. The van der Waals surface area contributed by atoms with Crippen LogP contribution in [-0.4, -0.2) is 40.5 Å². The van der Waals surface area contributed by atoms with Gasteiger partial charge in [-0.25, -0.2) is 4.68 Å². The second kappa shape index (κ2) is 7.89. The van der Waals surface area contributed by atoms with Gasteiger partial charge in [0.1, 0.15) is 0 Å². The first-order valence-electron chi connectivity index (χ1n) is 9.84. The average Bonchev–Trinajstić information content (AvgIpc) is 3.19. The molecule has 1 N–H and O–H groups in total. The fourth-order valence-corrected chi connectivity index (χ4v) is 4.14. The Bertz CT molecular complexity index is 750. The van der Waals surface area contributed by atoms with Crippen LogP contribution in [0.25, 0.3) is 0 Å². The van der Waals surface area contributed by atoms with Gasteiger partial charge in [-0.15, -0.1) is 5.10 Å². The number of anilines is 1. The van der Waals surface area contributed by atoms with Crippen molar-refractivity contribution in [3.8, 4) is 0 Å². The van der Waals surface area contributed by atoms with Crippen molar-refractivity contribution in [3.63, 3.8) is 0 Å². The molecule has 0 saturated heterocycles. The molecule has 1 fully saturated rings. The zero-order chi connectivity index (χ0) is 17.8. The summed E-state index contributed by atoms with van der Waals surface area (Å²) in [6.07, 6.45) is 10.2. The average molecular weight is 353 g/mol. The van der Waals surface area contributed by atoms with Crippen LogP contribution >= 0.6 is 0 Å². The Morgan fingerprint density at radius 1 is 1.15 bits per heavy atom. The highest BCUT2D eigenvalue weighted by molar-refractivity contribution is 5.91. The fraction of sp³-hybridized carbons (Fsp3) is 0.550. The summed E-state index contributed by atoms with van der Waals surface area (Å²) in [7, 11) is 0. The van der Waals surface area contributed by atoms with Gasteiger partial charge in [0, 0.05) is 25.3 Å². The number of aryl methyl sites for hydroxylation is 1. The molecule has 1 aliphatic heterocycles. The lowest BCUT2D eigenvalue weighted by molar-refractivity contribution is 0.0949. The molecule has 138 valence electrons. The molecule has 1 amide bonds. The van der Waals surface area contributed by atoms with Crippen LogP contribution in [0, 0.1) is 0 Å². The standard InChI is InChI=1S/C20H27N5O/c26-20(18-15-25(23-22-18)17-9-2-1-3-10-17)21-12-14-24-13-6-8-16-7-4-5-11-19(16)24/h4-5,7,11,15,17H,1-3,6,8-10,12-14H2,(H,21,26). The van der Waals surface area contributed by atoms with Gasteiger partial charge in [0.2, 0.25) is 0 Å². The normalized spacial score (nSPS) is 17.8. The van der Waals surface area contributed by atoms with E-state index in [4.69, 9.17) is 0 Å². The van der Waals surface area contributed by atoms with Gasteiger partial charge in [-0.2, -0.15) is 0 Å². The monoisotopic (exact) mass is 353 g/mol. The van der Waals surface area contributed by atoms with E-state index in [1.807, 2.05) is 10.9 Å². The van der Waals surface area contributed by atoms with E-state index >= 15 is 0 Å². The second-order valence-electron chi connectivity index (χ2n) is 7.35. The van der Waals surface area contributed by atoms with Gasteiger partial charge in [0.05, 0.1) is 12.2 Å². The number of hydrogen-bond acceptors (Lipinski definition) is 4. The Morgan fingerprint density at radius 3 is 2.88 bits per heavy atom. The van der Waals surface area contributed by atoms with Crippen molar-refractivity contribution in [2.45, 2.75) is 51.0 Å². The van der Waals surface area contributed by atoms with E-state index in [1.54, 1.807) is 0 Å². The molecule has 1 aromatic carbocycles. The summed E-state index contributed by atoms with van der Waals surface area (Å²) in [5.74, 6) is -0.127. The maximum atomic E-state index is 12.4. The van der Waals surface area contributed by atoms with Crippen molar-refractivity contribution in [2.24, 2.45) is 0 Å². The lowest BCUT2D eigenvalue weighted by Gasteiger charge is -2.31. The van der Waals surface area contributed by atoms with E-state index in [1.165, 1.54) is 36.9 Å². The fourth-order valence-electron chi connectivity index (χ4n) is 4.14. The number of aromatic nitrogens is 3. The van der Waals surface area contributed by atoms with Crippen molar-refractivity contribution in [1.29, 1.82) is 0 Å². The Morgan fingerprint density at radius 2 is 2.00 bits per heavy atom. The van der Waals surface area contributed by atoms with E-state index in [0.717, 1.165) is 32.4 Å². The van der Waals surface area contributed by atoms with Crippen LogP contribution in [-0.2, 0) is 6.42 Å². The Labute approximate surface area is 154 Å². The number of rotatable bonds is 5. The first-order valence-corrected chi connectivity index (χ1v) is 9.84. The molecule has 26 heavy (non-hydrogen) atoms. The van der Waals surface area contributed by atoms with E-state index in [0.29, 0.717) is 18.3 Å². The van der Waals surface area contributed by atoms with Crippen LogP contribution in [0.3, 0.4) is 0 Å². The topological polar surface area (TPSA) is 63.1 Å². The van der Waals surface area contributed by atoms with Gasteiger partial charge in [-0.1, -0.05) is 42.7 Å². The van der Waals surface area contributed by atoms with Crippen molar-refractivity contribution in [1.82, 2.24) is 20.3 Å². The number of nitrogens with one attached hydrogen (secondary N) is 1. The highest BCUT2D eigenvalue weighted by Gasteiger charge is 2.19. The van der Waals surface area contributed by atoms with Gasteiger partial charge >= 0.3 is 0 Å². The highest BCUT2D eigenvalue weighted by Crippen LogP contribution is 2.27. The number of carbonyl (C=O) groups excluding carboxylic acids is 1. The van der Waals surface area contributed by atoms with Gasteiger partial charge < -0.3 is 10.2 Å². The zero-order valence-electron chi connectivity index (χ0n) is 15.2. The van der Waals surface area contributed by atoms with E-state index in [2.05, 4.69) is 44.8 Å². The van der Waals surface area contributed by atoms with E-state index in [9.17, 15) is 4.79 Å². The molecule has 6 heteroatoms. The summed E-state index contributed by atoms with van der Waals surface area (Å²) in [6.45, 7) is 2.48. The van der Waals surface area contributed by atoms with Crippen molar-refractivity contribution in [3.05, 3.63) is 41.7 Å². The molecule has 0 bridgehead atoms. The lowest BCUT2D eigenvalue weighted by Crippen LogP contribution is -2.37. The zero-order valence-corrected chi connectivity index (χ0v) is 15.2. The first-order chi connectivity index (χ1) is 12.8. The summed E-state index contributed by atoms with van der Waals surface area (Å²) in [5, 5.41) is 11.3. The van der Waals surface area contributed by atoms with Gasteiger partial charge in [-0.05, 0) is 37.3 Å². The van der Waals surface area contributed by atoms with Crippen LogP contribution in [0.2, 0.25) is 0 Å². The van der Waals surface area contributed by atoms with Crippen LogP contribution in [0.5, 0.6) is 0 Å². The Hall–Kier alpha value is -2.37. The summed E-state index contributed by atoms with van der Waals surface area (Å²) < 4.78 is 1.88. The number of nitrogens with zero attached hydrogens (tertiary/aromatic N) is 4. The number of benzene rings is 1. The van der Waals surface area contributed by atoms with Crippen LogP contribution < -0.4 is 10.2 Å². The molecule has 1 aromatic heterocycles. The summed E-state index contributed by atoms with van der Waals surface area (Å²) in [5.41, 5.74) is 3.13. The number of carbonyl (C=O) groups is 1. The van der Waals surface area contributed by atoms with Crippen molar-refractivity contribution < 1.29 is 4.79 Å². The van der Waals surface area contributed by atoms with Crippen LogP contribution in [0.15, 0.2) is 30.5 Å². The minimum atomic E-state index is -0.127. The summed E-state index contributed by atoms with van der Waals surface area (Å²) in [4.78, 5) is 14.7. The van der Waals surface area contributed by atoms with Crippen molar-refractivity contribution >= 4 is 11.6 Å². The molecule has 2 heterocycles. The molecule has 2 aliphatic rings. The number of amides is 1. The highest BCUT2D eigenvalue weighted by atomic mass is 16.2. The SMILES string of the molecule is O=C(NCCN1CCCc2ccccc21)c1cn(C2CCCCC2)nn1.